The number of amides is 1. The monoisotopic (exact) mass is 411 g/mol. The number of ether oxygens (including phenoxy) is 1. The Bertz CT molecular complexity index is 798. The van der Waals surface area contributed by atoms with Gasteiger partial charge >= 0.3 is 0 Å². The summed E-state index contributed by atoms with van der Waals surface area (Å²) in [5, 5.41) is 2.96. The fraction of sp³-hybridized carbons (Fsp3) is 0.650. The van der Waals surface area contributed by atoms with Gasteiger partial charge in [-0.05, 0) is 57.4 Å². The Labute approximate surface area is 168 Å². The lowest BCUT2D eigenvalue weighted by Crippen LogP contribution is -2.56. The molecule has 1 aromatic carbocycles. The summed E-state index contributed by atoms with van der Waals surface area (Å²) in [6, 6.07) is 4.41. The maximum absolute atomic E-state index is 12.7. The number of piperidine rings is 1. The third kappa shape index (κ3) is 5.24. The summed E-state index contributed by atoms with van der Waals surface area (Å²) >= 11 is 0. The van der Waals surface area contributed by atoms with Gasteiger partial charge in [0.2, 0.25) is 10.0 Å². The van der Waals surface area contributed by atoms with E-state index >= 15 is 0 Å². The average molecular weight is 412 g/mol. The molecule has 28 heavy (non-hydrogen) atoms. The Morgan fingerprint density at radius 2 is 1.86 bits per heavy atom. The van der Waals surface area contributed by atoms with E-state index in [1.165, 1.54) is 32.7 Å². The molecule has 1 heterocycles. The van der Waals surface area contributed by atoms with Crippen molar-refractivity contribution in [3.8, 4) is 5.75 Å². The molecule has 0 aliphatic carbocycles. The minimum Gasteiger partial charge on any atom is -0.495 e. The van der Waals surface area contributed by atoms with Crippen molar-refractivity contribution in [3.05, 3.63) is 23.8 Å². The molecule has 7 nitrogen and oxygen atoms in total. The highest BCUT2D eigenvalue weighted by molar-refractivity contribution is 7.89. The molecule has 1 aliphatic heterocycles. The molecule has 2 unspecified atom stereocenters. The van der Waals surface area contributed by atoms with E-state index in [1.807, 2.05) is 0 Å². The minimum atomic E-state index is -3.73. The topological polar surface area (TPSA) is 87.7 Å². The van der Waals surface area contributed by atoms with Gasteiger partial charge in [-0.2, -0.15) is 0 Å². The molecule has 1 saturated heterocycles. The van der Waals surface area contributed by atoms with Crippen LogP contribution in [0.1, 0.15) is 44.5 Å². The van der Waals surface area contributed by atoms with Crippen LogP contribution in [-0.4, -0.2) is 58.6 Å². The summed E-state index contributed by atoms with van der Waals surface area (Å²) in [6.45, 7) is 11.3. The first kappa shape index (κ1) is 22.6. The lowest BCUT2D eigenvalue weighted by atomic mass is 9.88. The molecular weight excluding hydrogens is 378 g/mol. The van der Waals surface area contributed by atoms with Gasteiger partial charge in [0.25, 0.3) is 5.91 Å². The number of likely N-dealkylation sites (tertiary alicyclic amines) is 1. The van der Waals surface area contributed by atoms with E-state index in [2.05, 4.69) is 42.6 Å². The number of sulfonamides is 1. The molecule has 0 spiro atoms. The van der Waals surface area contributed by atoms with Crippen molar-refractivity contribution in [1.29, 1.82) is 0 Å². The van der Waals surface area contributed by atoms with Gasteiger partial charge in [0.05, 0.1) is 7.11 Å². The van der Waals surface area contributed by atoms with Gasteiger partial charge in [-0.15, -0.1) is 0 Å². The van der Waals surface area contributed by atoms with E-state index in [0.717, 1.165) is 13.1 Å². The summed E-state index contributed by atoms with van der Waals surface area (Å²) in [5.41, 5.74) is 0.0936. The fourth-order valence-corrected chi connectivity index (χ4v) is 4.72. The van der Waals surface area contributed by atoms with E-state index in [0.29, 0.717) is 18.4 Å². The van der Waals surface area contributed by atoms with Crippen LogP contribution < -0.4 is 14.8 Å². The van der Waals surface area contributed by atoms with Crippen LogP contribution in [0.3, 0.4) is 0 Å². The Balaban J connectivity index is 2.13. The first-order chi connectivity index (χ1) is 13.0. The number of nitrogens with one attached hydrogen (secondary N) is 2. The fourth-order valence-electron chi connectivity index (χ4n) is 3.81. The van der Waals surface area contributed by atoms with Gasteiger partial charge in [-0.1, -0.05) is 13.8 Å². The van der Waals surface area contributed by atoms with Gasteiger partial charge in [0, 0.05) is 30.7 Å². The summed E-state index contributed by atoms with van der Waals surface area (Å²) in [4.78, 5) is 15.1. The van der Waals surface area contributed by atoms with Crippen molar-refractivity contribution in [3.63, 3.8) is 0 Å². The van der Waals surface area contributed by atoms with E-state index in [-0.39, 0.29) is 27.7 Å². The molecule has 158 valence electrons. The Morgan fingerprint density at radius 3 is 2.39 bits per heavy atom. The number of nitrogens with zero attached hydrogens (tertiary/aromatic N) is 1. The minimum absolute atomic E-state index is 0.0527. The van der Waals surface area contributed by atoms with Crippen LogP contribution in [0.5, 0.6) is 5.75 Å². The predicted molar refractivity (Wildman–Crippen MR) is 110 cm³/mol. The molecule has 0 radical (unpaired) electrons. The summed E-state index contributed by atoms with van der Waals surface area (Å²) in [6.07, 6.45) is 1.23. The maximum atomic E-state index is 12.7. The van der Waals surface area contributed by atoms with E-state index in [9.17, 15) is 13.2 Å². The lowest BCUT2D eigenvalue weighted by Gasteiger charge is -2.45. The molecular formula is C20H33N3O4S. The molecule has 1 amide bonds. The molecule has 2 N–H and O–H groups in total. The van der Waals surface area contributed by atoms with Crippen LogP contribution >= 0.6 is 0 Å². The molecule has 1 fully saturated rings. The molecule has 1 aliphatic rings. The van der Waals surface area contributed by atoms with Gasteiger partial charge in [-0.25, -0.2) is 13.1 Å². The molecule has 1 aromatic rings. The third-order valence-corrected chi connectivity index (χ3v) is 6.83. The average Bonchev–Trinajstić information content (AvgIpc) is 2.64. The lowest BCUT2D eigenvalue weighted by molar-refractivity contribution is 0.0445. The van der Waals surface area contributed by atoms with Crippen molar-refractivity contribution in [2.24, 2.45) is 11.8 Å². The number of methoxy groups -OCH3 is 1. The number of rotatable bonds is 7. The first-order valence-electron chi connectivity index (χ1n) is 9.65. The van der Waals surface area contributed by atoms with Crippen LogP contribution in [0.15, 0.2) is 23.1 Å². The highest BCUT2D eigenvalue weighted by Crippen LogP contribution is 2.27. The van der Waals surface area contributed by atoms with Crippen LogP contribution in [0.4, 0.5) is 0 Å². The van der Waals surface area contributed by atoms with E-state index in [1.54, 1.807) is 6.07 Å². The van der Waals surface area contributed by atoms with Crippen molar-refractivity contribution >= 4 is 15.9 Å². The van der Waals surface area contributed by atoms with Crippen molar-refractivity contribution < 1.29 is 17.9 Å². The van der Waals surface area contributed by atoms with Gasteiger partial charge in [-0.3, -0.25) is 9.69 Å². The smallest absolute Gasteiger partial charge is 0.251 e. The highest BCUT2D eigenvalue weighted by Gasteiger charge is 2.33. The Kier molecular flexibility index (Phi) is 7.12. The zero-order valence-electron chi connectivity index (χ0n) is 17.7. The Morgan fingerprint density at radius 1 is 1.25 bits per heavy atom. The zero-order chi connectivity index (χ0) is 21.1. The highest BCUT2D eigenvalue weighted by atomic mass is 32.2. The molecule has 0 saturated carbocycles. The number of carbonyl (C=O) groups is 1. The standard InChI is InChI=1S/C20H33N3O4S/c1-14-9-15(2)12-23(11-14)20(3,4)13-22-19(24)16-7-8-17(27-6)18(10-16)28(25,26)21-5/h7-8,10,14-15,21H,9,11-13H2,1-6H3,(H,22,24). The van der Waals surface area contributed by atoms with Gasteiger partial charge in [0.1, 0.15) is 10.6 Å². The van der Waals surface area contributed by atoms with Crippen LogP contribution in [-0.2, 0) is 10.0 Å². The summed E-state index contributed by atoms with van der Waals surface area (Å²) in [7, 11) is -1.01. The Hall–Kier alpha value is -1.64. The van der Waals surface area contributed by atoms with Gasteiger partial charge in [0.15, 0.2) is 0 Å². The SMILES string of the molecule is CNS(=O)(=O)c1cc(C(=O)NCC(C)(C)N2CC(C)CC(C)C2)ccc1OC. The van der Waals surface area contributed by atoms with E-state index < -0.39 is 10.0 Å². The molecule has 2 rings (SSSR count). The quantitative estimate of drug-likeness (QED) is 0.717. The van der Waals surface area contributed by atoms with Crippen molar-refractivity contribution in [1.82, 2.24) is 14.9 Å². The van der Waals surface area contributed by atoms with Crippen LogP contribution in [0, 0.1) is 11.8 Å². The largest absolute Gasteiger partial charge is 0.495 e. The molecule has 0 bridgehead atoms. The van der Waals surface area contributed by atoms with E-state index in [4.69, 9.17) is 4.74 Å². The van der Waals surface area contributed by atoms with Crippen molar-refractivity contribution in [2.75, 3.05) is 33.8 Å². The van der Waals surface area contributed by atoms with Crippen LogP contribution in [0.2, 0.25) is 0 Å². The number of hydrogen-bond acceptors (Lipinski definition) is 5. The normalized spacial score (nSPS) is 21.4. The third-order valence-electron chi connectivity index (χ3n) is 5.39. The van der Waals surface area contributed by atoms with Crippen LogP contribution in [0.25, 0.3) is 0 Å². The first-order valence-corrected chi connectivity index (χ1v) is 11.1. The molecule has 8 heteroatoms. The zero-order valence-corrected chi connectivity index (χ0v) is 18.5. The number of benzene rings is 1. The maximum Gasteiger partial charge on any atom is 0.251 e. The second-order valence-electron chi connectivity index (χ2n) is 8.42. The molecule has 2 atom stereocenters. The second-order valence-corrected chi connectivity index (χ2v) is 10.3. The van der Waals surface area contributed by atoms with Gasteiger partial charge < -0.3 is 10.1 Å². The number of hydrogen-bond donors (Lipinski definition) is 2. The molecule has 0 aromatic heterocycles. The summed E-state index contributed by atoms with van der Waals surface area (Å²) in [5.74, 6) is 1.16. The van der Waals surface area contributed by atoms with Crippen molar-refractivity contribution in [2.45, 2.75) is 44.6 Å². The predicted octanol–water partition coefficient (Wildman–Crippen LogP) is 2.09. The summed E-state index contributed by atoms with van der Waals surface area (Å²) < 4.78 is 31.8. The second kappa shape index (κ2) is 8.80. The number of carbonyl (C=O) groups excluding carboxylic acids is 1.